The standard InChI is InChI=1S/C29H39ClFN3O4/c1-19(2)17-34(23-8-6-5-7-9-23)27-13-10-20(21(18-37-3)15-28(35)38-4)14-26(27)33-29(36)32-25-12-11-22(30)16-24(25)31/h10-14,16,19,21,23H,5-9,15,17-18H2,1-4H3,(H2,32,33,36). The lowest BCUT2D eigenvalue weighted by Crippen LogP contribution is -2.40. The van der Waals surface area contributed by atoms with E-state index in [-0.39, 0.29) is 29.0 Å². The van der Waals surface area contributed by atoms with Gasteiger partial charge in [0.05, 0.1) is 37.2 Å². The molecular formula is C29H39ClFN3O4. The molecule has 2 N–H and O–H groups in total. The Balaban J connectivity index is 1.99. The summed E-state index contributed by atoms with van der Waals surface area (Å²) >= 11 is 5.86. The van der Waals surface area contributed by atoms with Crippen molar-refractivity contribution >= 4 is 40.7 Å². The molecule has 0 radical (unpaired) electrons. The van der Waals surface area contributed by atoms with Gasteiger partial charge in [-0.05, 0) is 54.7 Å². The molecule has 1 aliphatic rings. The fourth-order valence-corrected chi connectivity index (χ4v) is 5.17. The maximum atomic E-state index is 14.4. The van der Waals surface area contributed by atoms with Crippen LogP contribution in [0.4, 0.5) is 26.2 Å². The first kappa shape index (κ1) is 29.7. The number of esters is 1. The third-order valence-corrected chi connectivity index (χ3v) is 7.05. The van der Waals surface area contributed by atoms with E-state index in [4.69, 9.17) is 21.1 Å². The van der Waals surface area contributed by atoms with Gasteiger partial charge in [0.25, 0.3) is 0 Å². The number of halogens is 2. The maximum absolute atomic E-state index is 14.4. The molecule has 7 nitrogen and oxygen atoms in total. The monoisotopic (exact) mass is 547 g/mol. The number of urea groups is 1. The summed E-state index contributed by atoms with van der Waals surface area (Å²) in [6.45, 7) is 5.50. The molecule has 2 aromatic carbocycles. The van der Waals surface area contributed by atoms with Crippen LogP contribution in [0.5, 0.6) is 0 Å². The number of carbonyl (C=O) groups excluding carboxylic acids is 2. The topological polar surface area (TPSA) is 79.9 Å². The van der Waals surface area contributed by atoms with Crippen molar-refractivity contribution < 1.29 is 23.5 Å². The third kappa shape index (κ3) is 8.33. The highest BCUT2D eigenvalue weighted by Gasteiger charge is 2.26. The number of nitrogens with zero attached hydrogens (tertiary/aromatic N) is 1. The molecule has 38 heavy (non-hydrogen) atoms. The molecule has 1 fully saturated rings. The van der Waals surface area contributed by atoms with E-state index in [1.54, 1.807) is 7.11 Å². The van der Waals surface area contributed by atoms with Gasteiger partial charge in [-0.25, -0.2) is 9.18 Å². The normalized spacial score (nSPS) is 14.7. The number of hydrogen-bond donors (Lipinski definition) is 2. The lowest BCUT2D eigenvalue weighted by molar-refractivity contribution is -0.141. The van der Waals surface area contributed by atoms with Gasteiger partial charge < -0.3 is 25.0 Å². The molecule has 1 saturated carbocycles. The summed E-state index contributed by atoms with van der Waals surface area (Å²) in [5.74, 6) is -0.817. The lowest BCUT2D eigenvalue weighted by atomic mass is 9.91. The second kappa shape index (κ2) is 14.4. The molecule has 9 heteroatoms. The van der Waals surface area contributed by atoms with Crippen molar-refractivity contribution in [3.8, 4) is 0 Å². The van der Waals surface area contributed by atoms with Crippen LogP contribution in [0.1, 0.15) is 63.9 Å². The summed E-state index contributed by atoms with van der Waals surface area (Å²) in [5, 5.41) is 5.78. The Morgan fingerprint density at radius 2 is 1.76 bits per heavy atom. The molecule has 0 aromatic heterocycles. The molecule has 1 atom stereocenters. The SMILES string of the molecule is COCC(CC(=O)OC)c1ccc(N(CC(C)C)C2CCCCC2)c(NC(=O)Nc2ccc(Cl)cc2F)c1. The van der Waals surface area contributed by atoms with Crippen molar-refractivity contribution in [3.63, 3.8) is 0 Å². The lowest BCUT2D eigenvalue weighted by Gasteiger charge is -2.38. The predicted octanol–water partition coefficient (Wildman–Crippen LogP) is 7.21. The van der Waals surface area contributed by atoms with Crippen molar-refractivity contribution in [2.45, 2.75) is 64.3 Å². The van der Waals surface area contributed by atoms with Crippen LogP contribution in [-0.2, 0) is 14.3 Å². The van der Waals surface area contributed by atoms with Crippen LogP contribution in [-0.4, -0.2) is 45.4 Å². The van der Waals surface area contributed by atoms with E-state index in [0.717, 1.165) is 36.7 Å². The molecule has 0 aliphatic heterocycles. The Kier molecular flexibility index (Phi) is 11.2. The average molecular weight is 548 g/mol. The van der Waals surface area contributed by atoms with E-state index in [9.17, 15) is 14.0 Å². The summed E-state index contributed by atoms with van der Waals surface area (Å²) in [6.07, 6.45) is 5.90. The minimum atomic E-state index is -0.622. The Bertz CT molecular complexity index is 1090. The Labute approximate surface area is 230 Å². The molecule has 0 bridgehead atoms. The van der Waals surface area contributed by atoms with Gasteiger partial charge in [-0.3, -0.25) is 4.79 Å². The van der Waals surface area contributed by atoms with E-state index in [0.29, 0.717) is 24.3 Å². The summed E-state index contributed by atoms with van der Waals surface area (Å²) < 4.78 is 24.6. The third-order valence-electron chi connectivity index (χ3n) is 6.81. The fourth-order valence-electron chi connectivity index (χ4n) is 5.01. The second-order valence-electron chi connectivity index (χ2n) is 10.3. The van der Waals surface area contributed by atoms with E-state index >= 15 is 0 Å². The molecule has 1 aliphatic carbocycles. The van der Waals surface area contributed by atoms with Crippen molar-refractivity contribution in [1.29, 1.82) is 0 Å². The Hall–Kier alpha value is -2.84. The first-order valence-corrected chi connectivity index (χ1v) is 13.6. The van der Waals surface area contributed by atoms with Crippen LogP contribution in [0, 0.1) is 11.7 Å². The zero-order chi connectivity index (χ0) is 27.7. The van der Waals surface area contributed by atoms with Crippen molar-refractivity contribution in [3.05, 3.63) is 52.8 Å². The Morgan fingerprint density at radius 1 is 1.05 bits per heavy atom. The van der Waals surface area contributed by atoms with E-state index < -0.39 is 11.8 Å². The number of nitrogens with one attached hydrogen (secondary N) is 2. The van der Waals surface area contributed by atoms with Gasteiger partial charge in [-0.15, -0.1) is 0 Å². The summed E-state index contributed by atoms with van der Waals surface area (Å²) in [5.41, 5.74) is 2.35. The molecular weight excluding hydrogens is 509 g/mol. The van der Waals surface area contributed by atoms with Gasteiger partial charge in [-0.1, -0.05) is 50.8 Å². The van der Waals surface area contributed by atoms with Crippen molar-refractivity contribution in [2.24, 2.45) is 5.92 Å². The number of benzene rings is 2. The van der Waals surface area contributed by atoms with Crippen LogP contribution in [0.2, 0.25) is 5.02 Å². The van der Waals surface area contributed by atoms with Crippen LogP contribution < -0.4 is 15.5 Å². The van der Waals surface area contributed by atoms with Crippen LogP contribution in [0.15, 0.2) is 36.4 Å². The minimum absolute atomic E-state index is 0.0267. The number of methoxy groups -OCH3 is 2. The number of ether oxygens (including phenoxy) is 2. The number of hydrogen-bond acceptors (Lipinski definition) is 5. The smallest absolute Gasteiger partial charge is 0.323 e. The summed E-state index contributed by atoms with van der Waals surface area (Å²) in [4.78, 5) is 27.6. The zero-order valence-corrected chi connectivity index (χ0v) is 23.4. The first-order chi connectivity index (χ1) is 18.2. The number of rotatable bonds is 11. The molecule has 0 saturated heterocycles. The van der Waals surface area contributed by atoms with Crippen LogP contribution in [0.25, 0.3) is 0 Å². The van der Waals surface area contributed by atoms with Gasteiger partial charge in [0.2, 0.25) is 0 Å². The largest absolute Gasteiger partial charge is 0.469 e. The molecule has 2 amide bonds. The summed E-state index contributed by atoms with van der Waals surface area (Å²) in [6, 6.07) is 9.75. The number of anilines is 3. The highest BCUT2D eigenvalue weighted by atomic mass is 35.5. The van der Waals surface area contributed by atoms with E-state index in [2.05, 4.69) is 29.4 Å². The van der Waals surface area contributed by atoms with Crippen molar-refractivity contribution in [2.75, 3.05) is 42.9 Å². The highest BCUT2D eigenvalue weighted by Crippen LogP contribution is 2.36. The van der Waals surface area contributed by atoms with E-state index in [1.165, 1.54) is 38.5 Å². The quantitative estimate of drug-likeness (QED) is 0.290. The van der Waals surface area contributed by atoms with Gasteiger partial charge >= 0.3 is 12.0 Å². The molecule has 3 rings (SSSR count). The molecule has 0 heterocycles. The predicted molar refractivity (Wildman–Crippen MR) is 151 cm³/mol. The van der Waals surface area contributed by atoms with E-state index in [1.807, 2.05) is 18.2 Å². The van der Waals surface area contributed by atoms with Crippen LogP contribution >= 0.6 is 11.6 Å². The van der Waals surface area contributed by atoms with Gasteiger partial charge in [0, 0.05) is 30.6 Å². The van der Waals surface area contributed by atoms with Crippen LogP contribution in [0.3, 0.4) is 0 Å². The maximum Gasteiger partial charge on any atom is 0.323 e. The minimum Gasteiger partial charge on any atom is -0.469 e. The fraction of sp³-hybridized carbons (Fsp3) is 0.517. The molecule has 2 aromatic rings. The highest BCUT2D eigenvalue weighted by molar-refractivity contribution is 6.30. The zero-order valence-electron chi connectivity index (χ0n) is 22.7. The molecule has 208 valence electrons. The molecule has 0 spiro atoms. The average Bonchev–Trinajstić information content (AvgIpc) is 2.89. The van der Waals surface area contributed by atoms with Crippen molar-refractivity contribution in [1.82, 2.24) is 0 Å². The summed E-state index contributed by atoms with van der Waals surface area (Å²) in [7, 11) is 2.94. The second-order valence-corrected chi connectivity index (χ2v) is 10.7. The first-order valence-electron chi connectivity index (χ1n) is 13.2. The van der Waals surface area contributed by atoms with Gasteiger partial charge in [0.1, 0.15) is 5.82 Å². The number of amides is 2. The Morgan fingerprint density at radius 3 is 2.39 bits per heavy atom. The van der Waals surface area contributed by atoms with Gasteiger partial charge in [-0.2, -0.15) is 0 Å². The number of carbonyl (C=O) groups is 2. The van der Waals surface area contributed by atoms with Gasteiger partial charge in [0.15, 0.2) is 0 Å². The molecule has 1 unspecified atom stereocenters.